The van der Waals surface area contributed by atoms with E-state index in [0.29, 0.717) is 24.7 Å². The molecule has 3 atom stereocenters. The highest BCUT2D eigenvalue weighted by atomic mass is 16.5. The molecule has 0 bridgehead atoms. The molecule has 0 fully saturated rings. The normalized spacial score (nSPS) is 26.3. The molecule has 0 saturated carbocycles. The number of methoxy groups -OCH3 is 1. The summed E-state index contributed by atoms with van der Waals surface area (Å²) in [6, 6.07) is 0. The minimum Gasteiger partial charge on any atom is -0.481 e. The van der Waals surface area contributed by atoms with Crippen LogP contribution in [-0.4, -0.2) is 35.3 Å². The van der Waals surface area contributed by atoms with Gasteiger partial charge in [-0.2, -0.15) is 4.98 Å². The number of fused-ring (bicyclic) bond motifs is 3. The summed E-state index contributed by atoms with van der Waals surface area (Å²) in [5.41, 5.74) is 1.46. The van der Waals surface area contributed by atoms with Gasteiger partial charge in [0.2, 0.25) is 17.5 Å². The lowest BCUT2D eigenvalue weighted by Crippen LogP contribution is -2.46. The van der Waals surface area contributed by atoms with E-state index in [1.807, 2.05) is 13.8 Å². The highest BCUT2D eigenvalue weighted by Crippen LogP contribution is 2.50. The van der Waals surface area contributed by atoms with Gasteiger partial charge in [0.25, 0.3) is 0 Å². The largest absolute Gasteiger partial charge is 0.481 e. The predicted octanol–water partition coefficient (Wildman–Crippen LogP) is 2.01. The Morgan fingerprint density at radius 3 is 2.85 bits per heavy atom. The van der Waals surface area contributed by atoms with Gasteiger partial charge in [-0.05, 0) is 18.8 Å². The number of nitrogens with zero attached hydrogens (tertiary/aromatic N) is 3. The molecule has 142 valence electrons. The van der Waals surface area contributed by atoms with Gasteiger partial charge in [-0.1, -0.05) is 19.9 Å². The number of amides is 1. The molecule has 0 spiro atoms. The summed E-state index contributed by atoms with van der Waals surface area (Å²) in [4.78, 5) is 36.4. The summed E-state index contributed by atoms with van der Waals surface area (Å²) in [7, 11) is 1.59. The Hall–Kier alpha value is -2.75. The topological polar surface area (TPSA) is 85.5 Å². The van der Waals surface area contributed by atoms with Crippen molar-refractivity contribution < 1.29 is 14.3 Å². The van der Waals surface area contributed by atoms with E-state index < -0.39 is 5.41 Å². The van der Waals surface area contributed by atoms with E-state index in [4.69, 9.17) is 16.3 Å². The van der Waals surface area contributed by atoms with Crippen LogP contribution in [0.25, 0.3) is 4.85 Å². The molecule has 27 heavy (non-hydrogen) atoms. The van der Waals surface area contributed by atoms with Gasteiger partial charge in [-0.3, -0.25) is 4.79 Å². The fourth-order valence-corrected chi connectivity index (χ4v) is 4.39. The Morgan fingerprint density at radius 2 is 2.22 bits per heavy atom. The Bertz CT molecular complexity index is 871. The van der Waals surface area contributed by atoms with Gasteiger partial charge in [0.1, 0.15) is 5.82 Å². The quantitative estimate of drug-likeness (QED) is 0.822. The van der Waals surface area contributed by atoms with Crippen molar-refractivity contribution in [2.75, 3.05) is 13.7 Å². The number of nitrogens with one attached hydrogen (secondary N) is 1. The average molecular weight is 368 g/mol. The Kier molecular flexibility index (Phi) is 5.01. The van der Waals surface area contributed by atoms with E-state index >= 15 is 0 Å². The van der Waals surface area contributed by atoms with Crippen molar-refractivity contribution in [1.29, 1.82) is 0 Å². The first kappa shape index (κ1) is 19.0. The molecular weight excluding hydrogens is 344 g/mol. The molecule has 1 aromatic rings. The number of aromatic nitrogens is 2. The van der Waals surface area contributed by atoms with Gasteiger partial charge in [0.05, 0.1) is 19.4 Å². The molecule has 7 nitrogen and oxygen atoms in total. The molecular formula is C20H24N4O3. The van der Waals surface area contributed by atoms with Crippen LogP contribution in [0.3, 0.4) is 0 Å². The summed E-state index contributed by atoms with van der Waals surface area (Å²) in [6.45, 7) is 13.3. The van der Waals surface area contributed by atoms with Gasteiger partial charge >= 0.3 is 0 Å². The van der Waals surface area contributed by atoms with Crippen LogP contribution in [0, 0.1) is 18.4 Å². The Morgan fingerprint density at radius 1 is 1.48 bits per heavy atom. The molecule has 1 heterocycles. The molecule has 1 N–H and O–H groups in total. The third kappa shape index (κ3) is 3.20. The lowest BCUT2D eigenvalue weighted by molar-refractivity contribution is -0.122. The van der Waals surface area contributed by atoms with Crippen LogP contribution in [0.2, 0.25) is 0 Å². The number of hydrogen-bond acceptors (Lipinski definition) is 5. The molecule has 0 aromatic carbocycles. The van der Waals surface area contributed by atoms with Gasteiger partial charge in [0, 0.05) is 36.8 Å². The molecule has 0 radical (unpaired) electrons. The molecule has 0 saturated heterocycles. The van der Waals surface area contributed by atoms with Crippen molar-refractivity contribution >= 4 is 11.7 Å². The van der Waals surface area contributed by atoms with Crippen molar-refractivity contribution in [3.63, 3.8) is 0 Å². The zero-order chi connectivity index (χ0) is 19.8. The first-order chi connectivity index (χ1) is 12.8. The van der Waals surface area contributed by atoms with Crippen molar-refractivity contribution in [3.05, 3.63) is 40.3 Å². The number of rotatable bonds is 4. The predicted molar refractivity (Wildman–Crippen MR) is 99.0 cm³/mol. The van der Waals surface area contributed by atoms with Crippen LogP contribution in [0.5, 0.6) is 5.88 Å². The standard InChI is InChI=1S/C20H24N4O3/c1-11-14-7-6-13-18(20(14,3)10-15(21-4)17(11)26)23-16(24-19(13)27-5)8-9-22-12(2)25/h10-11,14H,6-9H2,1-3,5H3,(H,22,25)/t11-,14-,20-/m1/s1. The zero-order valence-electron chi connectivity index (χ0n) is 16.1. The minimum atomic E-state index is -0.514. The van der Waals surface area contributed by atoms with E-state index in [1.54, 1.807) is 13.2 Å². The van der Waals surface area contributed by atoms with Gasteiger partial charge in [0.15, 0.2) is 5.78 Å². The van der Waals surface area contributed by atoms with Crippen LogP contribution < -0.4 is 10.1 Å². The van der Waals surface area contributed by atoms with Crippen molar-refractivity contribution in [2.24, 2.45) is 11.8 Å². The molecule has 3 rings (SSSR count). The molecule has 0 aliphatic heterocycles. The summed E-state index contributed by atoms with van der Waals surface area (Å²) in [5.74, 6) is 0.814. The first-order valence-corrected chi connectivity index (χ1v) is 9.15. The Balaban J connectivity index is 2.10. The van der Waals surface area contributed by atoms with Crippen LogP contribution in [0.4, 0.5) is 0 Å². The fourth-order valence-electron chi connectivity index (χ4n) is 4.39. The SMILES string of the molecule is [C-]#[N+]C1=C[C@@]2(C)c3nc(CCNC(C)=O)nc(OC)c3CC[C@@H]2[C@@H](C)C1=O. The average Bonchev–Trinajstić information content (AvgIpc) is 2.64. The smallest absolute Gasteiger partial charge is 0.226 e. The Labute approximate surface area is 159 Å². The van der Waals surface area contributed by atoms with Crippen LogP contribution in [-0.2, 0) is 27.8 Å². The summed E-state index contributed by atoms with van der Waals surface area (Å²) < 4.78 is 5.52. The van der Waals surface area contributed by atoms with E-state index in [9.17, 15) is 9.59 Å². The maximum absolute atomic E-state index is 12.5. The lowest BCUT2D eigenvalue weighted by Gasteiger charge is -2.45. The summed E-state index contributed by atoms with van der Waals surface area (Å²) >= 11 is 0. The number of hydrogen-bond donors (Lipinski definition) is 1. The number of allylic oxidation sites excluding steroid dienone is 2. The van der Waals surface area contributed by atoms with E-state index in [0.717, 1.165) is 24.1 Å². The van der Waals surface area contributed by atoms with Gasteiger partial charge in [-0.15, -0.1) is 0 Å². The second-order valence-electron chi connectivity index (χ2n) is 7.43. The molecule has 1 aromatic heterocycles. The van der Waals surface area contributed by atoms with E-state index in [2.05, 4.69) is 15.1 Å². The number of carbonyl (C=O) groups excluding carboxylic acids is 2. The molecule has 1 amide bonds. The summed E-state index contributed by atoms with van der Waals surface area (Å²) in [6.07, 6.45) is 3.83. The van der Waals surface area contributed by atoms with E-state index in [-0.39, 0.29) is 29.2 Å². The number of carbonyl (C=O) groups is 2. The van der Waals surface area contributed by atoms with Crippen LogP contribution in [0.1, 0.15) is 44.3 Å². The maximum atomic E-state index is 12.5. The van der Waals surface area contributed by atoms with Crippen molar-refractivity contribution in [2.45, 2.75) is 45.4 Å². The third-order valence-electron chi connectivity index (χ3n) is 5.74. The molecule has 0 unspecified atom stereocenters. The fraction of sp³-hybridized carbons (Fsp3) is 0.550. The van der Waals surface area contributed by atoms with Gasteiger partial charge in [-0.25, -0.2) is 9.83 Å². The molecule has 7 heteroatoms. The number of ether oxygens (including phenoxy) is 1. The molecule has 2 aliphatic carbocycles. The third-order valence-corrected chi connectivity index (χ3v) is 5.74. The molecule has 2 aliphatic rings. The monoisotopic (exact) mass is 368 g/mol. The highest BCUT2D eigenvalue weighted by molar-refractivity contribution is 6.00. The zero-order valence-corrected chi connectivity index (χ0v) is 16.1. The second-order valence-corrected chi connectivity index (χ2v) is 7.43. The first-order valence-electron chi connectivity index (χ1n) is 9.15. The van der Waals surface area contributed by atoms with Crippen molar-refractivity contribution in [3.8, 4) is 5.88 Å². The van der Waals surface area contributed by atoms with Gasteiger partial charge < -0.3 is 14.8 Å². The van der Waals surface area contributed by atoms with Crippen LogP contribution in [0.15, 0.2) is 11.8 Å². The van der Waals surface area contributed by atoms with E-state index in [1.165, 1.54) is 6.92 Å². The lowest BCUT2D eigenvalue weighted by atomic mass is 9.58. The van der Waals surface area contributed by atoms with Crippen molar-refractivity contribution in [1.82, 2.24) is 15.3 Å². The highest BCUT2D eigenvalue weighted by Gasteiger charge is 2.49. The number of Topliss-reactive ketones (excluding diaryl/α,β-unsaturated/α-hetero) is 1. The number of ketones is 1. The van der Waals surface area contributed by atoms with Crippen LogP contribution >= 0.6 is 0 Å². The maximum Gasteiger partial charge on any atom is 0.226 e. The minimum absolute atomic E-state index is 0.0807. The summed E-state index contributed by atoms with van der Waals surface area (Å²) in [5, 5.41) is 2.75. The second kappa shape index (κ2) is 7.10.